The second-order valence-corrected chi connectivity index (χ2v) is 7.81. The third kappa shape index (κ3) is 8.48. The van der Waals surface area contributed by atoms with Crippen LogP contribution >= 0.6 is 46.4 Å². The molecule has 0 atom stereocenters. The number of ketones is 1. The molecule has 32 heavy (non-hydrogen) atoms. The molecule has 0 bridgehead atoms. The lowest BCUT2D eigenvalue weighted by molar-refractivity contribution is -0.131. The van der Waals surface area contributed by atoms with E-state index in [4.69, 9.17) is 51.5 Å². The first-order valence-corrected chi connectivity index (χ1v) is 9.97. The van der Waals surface area contributed by atoms with Crippen molar-refractivity contribution in [1.82, 2.24) is 0 Å². The number of carbonyl (C=O) groups excluding carboxylic acids is 3. The van der Waals surface area contributed by atoms with Gasteiger partial charge in [-0.3, -0.25) is 14.4 Å². The highest BCUT2D eigenvalue weighted by atomic mass is 35.5. The fourth-order valence-corrected chi connectivity index (χ4v) is 3.55. The van der Waals surface area contributed by atoms with Crippen molar-refractivity contribution in [3.8, 4) is 0 Å². The molecule has 1 aliphatic heterocycles. The lowest BCUT2D eigenvalue weighted by Gasteiger charge is -2.14. The minimum absolute atomic E-state index is 0. The predicted molar refractivity (Wildman–Crippen MR) is 127 cm³/mol. The van der Waals surface area contributed by atoms with Crippen LogP contribution < -0.4 is 4.90 Å². The number of allylic oxidation sites excluding steroid dienone is 1. The molecule has 0 spiro atoms. The fourth-order valence-electron chi connectivity index (χ4n) is 2.46. The number of nitrogens with zero attached hydrogens (tertiary/aromatic N) is 1. The van der Waals surface area contributed by atoms with Gasteiger partial charge >= 0.3 is 5.97 Å². The molecule has 2 aromatic rings. The van der Waals surface area contributed by atoms with Crippen LogP contribution in [0.1, 0.15) is 13.0 Å². The molecule has 0 fully saturated rings. The lowest BCUT2D eigenvalue weighted by atomic mass is 10.1. The number of imide groups is 1. The van der Waals surface area contributed by atoms with Gasteiger partial charge in [-0.05, 0) is 48.0 Å². The van der Waals surface area contributed by atoms with E-state index in [2.05, 4.69) is 0 Å². The van der Waals surface area contributed by atoms with E-state index >= 15 is 0 Å². The summed E-state index contributed by atoms with van der Waals surface area (Å²) in [7, 11) is 0. The Labute approximate surface area is 204 Å². The van der Waals surface area contributed by atoms with Crippen molar-refractivity contribution in [2.45, 2.75) is 13.8 Å². The molecule has 0 aliphatic carbocycles. The highest BCUT2D eigenvalue weighted by molar-refractivity contribution is 6.36. The quantitative estimate of drug-likeness (QED) is 0.400. The van der Waals surface area contributed by atoms with E-state index in [0.717, 1.165) is 17.1 Å². The van der Waals surface area contributed by atoms with Gasteiger partial charge in [-0.25, -0.2) is 9.69 Å². The number of aliphatic carboxylic acids is 1. The van der Waals surface area contributed by atoms with E-state index in [-0.39, 0.29) is 19.6 Å². The summed E-state index contributed by atoms with van der Waals surface area (Å²) < 4.78 is 0. The van der Waals surface area contributed by atoms with Crippen LogP contribution in [0.15, 0.2) is 60.7 Å². The van der Waals surface area contributed by atoms with Gasteiger partial charge in [0.2, 0.25) is 0 Å². The molecule has 2 amide bonds. The first-order valence-electron chi connectivity index (χ1n) is 8.46. The number of amides is 2. The van der Waals surface area contributed by atoms with Gasteiger partial charge in [0.1, 0.15) is 0 Å². The van der Waals surface area contributed by atoms with Crippen LogP contribution in [-0.2, 0) is 25.6 Å². The van der Waals surface area contributed by atoms with Gasteiger partial charge in [0, 0.05) is 44.7 Å². The van der Waals surface area contributed by atoms with Crippen molar-refractivity contribution in [2.24, 2.45) is 0 Å². The van der Waals surface area contributed by atoms with Crippen molar-refractivity contribution >= 4 is 75.7 Å². The largest absolute Gasteiger partial charge is 0.478 e. The Kier molecular flexibility index (Phi) is 10.6. The van der Waals surface area contributed by atoms with Crippen molar-refractivity contribution < 1.29 is 24.3 Å². The number of hydrogen-bond donors (Lipinski definition) is 1. The minimum Gasteiger partial charge on any atom is -0.478 e. The van der Waals surface area contributed by atoms with Gasteiger partial charge in [-0.15, -0.1) is 0 Å². The zero-order chi connectivity index (χ0) is 23.1. The molecule has 0 radical (unpaired) electrons. The highest BCUT2D eigenvalue weighted by Crippen LogP contribution is 2.27. The average Bonchev–Trinajstić information content (AvgIpc) is 2.97. The Morgan fingerprint density at radius 2 is 1.22 bits per heavy atom. The van der Waals surface area contributed by atoms with Crippen LogP contribution in [0.3, 0.4) is 0 Å². The molecule has 2 aromatic carbocycles. The second-order valence-electron chi connectivity index (χ2n) is 6.07. The predicted octanol–water partition coefficient (Wildman–Crippen LogP) is 5.80. The van der Waals surface area contributed by atoms with Gasteiger partial charge in [0.15, 0.2) is 5.78 Å². The van der Waals surface area contributed by atoms with Crippen LogP contribution in [0.5, 0.6) is 0 Å². The Balaban J connectivity index is 0.000000311. The van der Waals surface area contributed by atoms with Crippen molar-refractivity contribution in [2.75, 3.05) is 4.90 Å². The second kappa shape index (κ2) is 12.4. The third-order valence-electron chi connectivity index (χ3n) is 3.63. The van der Waals surface area contributed by atoms with Crippen LogP contribution in [0.25, 0.3) is 0 Å². The molecular formula is C22H17Cl4NO5. The van der Waals surface area contributed by atoms with Gasteiger partial charge in [-0.2, -0.15) is 0 Å². The van der Waals surface area contributed by atoms with Crippen LogP contribution in [0.2, 0.25) is 20.1 Å². The maximum atomic E-state index is 11.3. The third-order valence-corrected chi connectivity index (χ3v) is 4.50. The molecular weight excluding hydrogens is 500 g/mol. The van der Waals surface area contributed by atoms with Crippen LogP contribution in [0.4, 0.5) is 5.69 Å². The number of anilines is 1. The average molecular weight is 517 g/mol. The minimum atomic E-state index is -1.16. The van der Waals surface area contributed by atoms with Crippen LogP contribution in [-0.4, -0.2) is 28.7 Å². The molecule has 10 heteroatoms. The summed E-state index contributed by atoms with van der Waals surface area (Å²) in [6, 6.07) is 9.33. The van der Waals surface area contributed by atoms with Crippen molar-refractivity contribution in [3.05, 3.63) is 86.4 Å². The summed E-state index contributed by atoms with van der Waals surface area (Å²) in [6.45, 7) is 0. The Morgan fingerprint density at radius 1 is 0.781 bits per heavy atom. The van der Waals surface area contributed by atoms with Gasteiger partial charge < -0.3 is 5.11 Å². The summed E-state index contributed by atoms with van der Waals surface area (Å²) >= 11 is 23.0. The monoisotopic (exact) mass is 515 g/mol. The van der Waals surface area contributed by atoms with E-state index in [1.807, 2.05) is 0 Å². The number of carboxylic acid groups (broad SMARTS) is 1. The number of halogens is 4. The maximum Gasteiger partial charge on any atom is 0.328 e. The Hall–Kier alpha value is -2.64. The molecule has 1 N–H and O–H groups in total. The van der Waals surface area contributed by atoms with E-state index in [1.54, 1.807) is 18.2 Å². The zero-order valence-corrected chi connectivity index (χ0v) is 18.5. The first kappa shape index (κ1) is 27.4. The summed E-state index contributed by atoms with van der Waals surface area (Å²) in [4.78, 5) is 45.2. The number of carbonyl (C=O) groups is 4. The lowest BCUT2D eigenvalue weighted by Crippen LogP contribution is -2.29. The summed E-state index contributed by atoms with van der Waals surface area (Å²) in [5.41, 5.74) is 1.03. The zero-order valence-electron chi connectivity index (χ0n) is 15.5. The normalized spacial score (nSPS) is 12.4. The van der Waals surface area contributed by atoms with Gasteiger partial charge in [0.05, 0.1) is 5.69 Å². The standard InChI is InChI=1S/C11H8Cl2O3.C10H5Cl2NO2.CH4/c12-8-3-7(4-9(13)6-8)5-10(14)1-2-11(15)16;11-6-3-7(12)5-8(4-6)13-9(14)1-2-10(13)15;/h1-4,6H,5H2,(H,15,16);1-5H;1H4/b2-1+;;. The van der Waals surface area contributed by atoms with Gasteiger partial charge in [0.25, 0.3) is 11.8 Å². The molecule has 0 aromatic heterocycles. The van der Waals surface area contributed by atoms with Crippen LogP contribution in [0, 0.1) is 0 Å². The smallest absolute Gasteiger partial charge is 0.328 e. The van der Waals surface area contributed by atoms with Gasteiger partial charge in [-0.1, -0.05) is 53.8 Å². The number of rotatable bonds is 5. The number of benzene rings is 2. The summed E-state index contributed by atoms with van der Waals surface area (Å²) in [6.07, 6.45) is 4.30. The van der Waals surface area contributed by atoms with E-state index in [9.17, 15) is 19.2 Å². The van der Waals surface area contributed by atoms with E-state index < -0.39 is 17.8 Å². The Bertz CT molecular complexity index is 1050. The maximum absolute atomic E-state index is 11.3. The molecule has 168 valence electrons. The highest BCUT2D eigenvalue weighted by Gasteiger charge is 2.25. The molecule has 1 heterocycles. The van der Waals surface area contributed by atoms with E-state index in [0.29, 0.717) is 31.3 Å². The first-order chi connectivity index (χ1) is 14.5. The summed E-state index contributed by atoms with van der Waals surface area (Å²) in [5, 5.41) is 9.98. The Morgan fingerprint density at radius 3 is 1.66 bits per heavy atom. The number of carboxylic acids is 1. The molecule has 0 unspecified atom stereocenters. The van der Waals surface area contributed by atoms with Crippen molar-refractivity contribution in [3.63, 3.8) is 0 Å². The van der Waals surface area contributed by atoms with Crippen molar-refractivity contribution in [1.29, 1.82) is 0 Å². The number of hydrogen-bond acceptors (Lipinski definition) is 4. The molecule has 0 saturated heterocycles. The molecule has 3 rings (SSSR count). The van der Waals surface area contributed by atoms with E-state index in [1.165, 1.54) is 30.4 Å². The SMILES string of the molecule is C.O=C(O)/C=C/C(=O)Cc1cc(Cl)cc(Cl)c1.O=C1C=CC(=O)N1c1cc(Cl)cc(Cl)c1. The molecule has 1 aliphatic rings. The summed E-state index contributed by atoms with van der Waals surface area (Å²) in [5.74, 6) is -2.25. The fraction of sp³-hybridized carbons (Fsp3) is 0.0909. The molecule has 6 nitrogen and oxygen atoms in total. The molecule has 0 saturated carbocycles. The topological polar surface area (TPSA) is 91.7 Å².